The first-order valence-electron chi connectivity index (χ1n) is 6.85. The molecule has 8 heteroatoms. The molecule has 2 aromatic rings. The Morgan fingerprint density at radius 1 is 1.36 bits per heavy atom. The fourth-order valence-corrected chi connectivity index (χ4v) is 2.01. The number of nitrogens with one attached hydrogen (secondary N) is 1. The van der Waals surface area contributed by atoms with Crippen molar-refractivity contribution in [1.29, 1.82) is 0 Å². The van der Waals surface area contributed by atoms with Gasteiger partial charge in [0.1, 0.15) is 6.10 Å². The average Bonchev–Trinajstić information content (AvgIpc) is 2.90. The molecule has 22 heavy (non-hydrogen) atoms. The third-order valence-electron chi connectivity index (χ3n) is 3.12. The highest BCUT2D eigenvalue weighted by Gasteiger charge is 2.20. The molecule has 120 valence electrons. The van der Waals surface area contributed by atoms with Crippen LogP contribution in [-0.2, 0) is 13.0 Å². The number of aryl methyl sites for hydroxylation is 1. The van der Waals surface area contributed by atoms with Gasteiger partial charge in [-0.1, -0.05) is 23.7 Å². The predicted molar refractivity (Wildman–Crippen MR) is 84.0 cm³/mol. The topological polar surface area (TPSA) is 69.4 Å². The van der Waals surface area contributed by atoms with Gasteiger partial charge in [-0.15, -0.1) is 12.4 Å². The number of aromatic nitrogens is 2. The van der Waals surface area contributed by atoms with Gasteiger partial charge in [0.2, 0.25) is 0 Å². The van der Waals surface area contributed by atoms with E-state index < -0.39 is 0 Å². The van der Waals surface area contributed by atoms with E-state index in [0.717, 1.165) is 19.5 Å². The largest absolute Gasteiger partial charge is 0.484 e. The van der Waals surface area contributed by atoms with E-state index in [1.165, 1.54) is 0 Å². The van der Waals surface area contributed by atoms with Crippen LogP contribution in [0.15, 0.2) is 22.7 Å². The molecule has 0 bridgehead atoms. The molecular weight excluding hydrogens is 329 g/mol. The maximum absolute atomic E-state index is 6.01. The molecule has 0 atom stereocenters. The molecule has 0 spiro atoms. The number of benzene rings is 1. The molecule has 1 saturated heterocycles. The lowest BCUT2D eigenvalue weighted by Crippen LogP contribution is -2.50. The first kappa shape index (κ1) is 16.9. The highest BCUT2D eigenvalue weighted by atomic mass is 35.5. The number of rotatable bonds is 6. The summed E-state index contributed by atoms with van der Waals surface area (Å²) in [4.78, 5) is 4.20. The van der Waals surface area contributed by atoms with Crippen molar-refractivity contribution >= 4 is 24.0 Å². The summed E-state index contributed by atoms with van der Waals surface area (Å²) in [5.74, 6) is 2.35. The van der Waals surface area contributed by atoms with Crippen LogP contribution in [0.5, 0.6) is 11.5 Å². The summed E-state index contributed by atoms with van der Waals surface area (Å²) in [5, 5.41) is 7.59. The third kappa shape index (κ3) is 4.03. The van der Waals surface area contributed by atoms with Crippen LogP contribution >= 0.6 is 24.0 Å². The SMILES string of the molecule is CCc1noc(COc2ccc(Cl)cc2OC2CNC2)n1.Cl. The van der Waals surface area contributed by atoms with Gasteiger partial charge in [-0.2, -0.15) is 4.98 Å². The van der Waals surface area contributed by atoms with E-state index in [0.29, 0.717) is 28.2 Å². The summed E-state index contributed by atoms with van der Waals surface area (Å²) in [6, 6.07) is 5.29. The molecule has 0 amide bonds. The van der Waals surface area contributed by atoms with E-state index >= 15 is 0 Å². The van der Waals surface area contributed by atoms with Gasteiger partial charge in [0.05, 0.1) is 0 Å². The zero-order valence-corrected chi connectivity index (χ0v) is 13.6. The van der Waals surface area contributed by atoms with E-state index in [9.17, 15) is 0 Å². The van der Waals surface area contributed by atoms with Gasteiger partial charge in [0, 0.05) is 30.6 Å². The normalized spacial score (nSPS) is 14.1. The molecule has 1 aromatic heterocycles. The first-order chi connectivity index (χ1) is 10.2. The molecule has 1 N–H and O–H groups in total. The number of halogens is 2. The maximum atomic E-state index is 6.01. The number of hydrogen-bond acceptors (Lipinski definition) is 6. The van der Waals surface area contributed by atoms with Crippen molar-refractivity contribution in [3.63, 3.8) is 0 Å². The van der Waals surface area contributed by atoms with Gasteiger partial charge in [-0.25, -0.2) is 0 Å². The van der Waals surface area contributed by atoms with Crippen molar-refractivity contribution in [2.24, 2.45) is 0 Å². The number of nitrogens with zero attached hydrogens (tertiary/aromatic N) is 2. The molecule has 6 nitrogen and oxygen atoms in total. The molecular formula is C14H17Cl2N3O3. The van der Waals surface area contributed by atoms with Gasteiger partial charge < -0.3 is 19.3 Å². The van der Waals surface area contributed by atoms with Crippen molar-refractivity contribution in [3.05, 3.63) is 34.9 Å². The van der Waals surface area contributed by atoms with Crippen molar-refractivity contribution in [1.82, 2.24) is 15.5 Å². The smallest absolute Gasteiger partial charge is 0.264 e. The molecule has 1 fully saturated rings. The summed E-state index contributed by atoms with van der Waals surface area (Å²) >= 11 is 6.01. The number of ether oxygens (including phenoxy) is 2. The molecule has 2 heterocycles. The second kappa shape index (κ2) is 7.67. The van der Waals surface area contributed by atoms with Crippen molar-refractivity contribution in [3.8, 4) is 11.5 Å². The Morgan fingerprint density at radius 2 is 2.18 bits per heavy atom. The number of hydrogen-bond donors (Lipinski definition) is 1. The van der Waals surface area contributed by atoms with Crippen LogP contribution in [0.25, 0.3) is 0 Å². The summed E-state index contributed by atoms with van der Waals surface area (Å²) in [6.07, 6.45) is 0.883. The molecule has 1 aromatic carbocycles. The second-order valence-electron chi connectivity index (χ2n) is 4.74. The molecule has 0 saturated carbocycles. The summed E-state index contributed by atoms with van der Waals surface area (Å²) in [6.45, 7) is 3.83. The minimum absolute atomic E-state index is 0. The molecule has 1 aliphatic heterocycles. The van der Waals surface area contributed by atoms with E-state index in [1.807, 2.05) is 6.92 Å². The zero-order valence-electron chi connectivity index (χ0n) is 12.0. The van der Waals surface area contributed by atoms with Gasteiger partial charge >= 0.3 is 0 Å². The minimum atomic E-state index is 0. The Bertz CT molecular complexity index is 617. The van der Waals surface area contributed by atoms with Crippen LogP contribution in [0.2, 0.25) is 5.02 Å². The van der Waals surface area contributed by atoms with E-state index in [4.69, 9.17) is 25.6 Å². The van der Waals surface area contributed by atoms with Crippen LogP contribution in [-0.4, -0.2) is 29.3 Å². The zero-order chi connectivity index (χ0) is 14.7. The molecule has 1 aliphatic rings. The average molecular weight is 346 g/mol. The highest BCUT2D eigenvalue weighted by Crippen LogP contribution is 2.32. The van der Waals surface area contributed by atoms with Gasteiger partial charge in [-0.3, -0.25) is 0 Å². The minimum Gasteiger partial charge on any atom is -0.484 e. The lowest BCUT2D eigenvalue weighted by atomic mass is 10.2. The highest BCUT2D eigenvalue weighted by molar-refractivity contribution is 6.30. The Balaban J connectivity index is 0.00000176. The van der Waals surface area contributed by atoms with Gasteiger partial charge in [0.15, 0.2) is 23.9 Å². The van der Waals surface area contributed by atoms with Crippen molar-refractivity contribution in [2.75, 3.05) is 13.1 Å². The summed E-state index contributed by atoms with van der Waals surface area (Å²) < 4.78 is 16.6. The van der Waals surface area contributed by atoms with Crippen LogP contribution in [0.4, 0.5) is 0 Å². The lowest BCUT2D eigenvalue weighted by molar-refractivity contribution is 0.133. The fraction of sp³-hybridized carbons (Fsp3) is 0.429. The molecule has 0 aliphatic carbocycles. The molecule has 0 radical (unpaired) electrons. The molecule has 0 unspecified atom stereocenters. The fourth-order valence-electron chi connectivity index (χ4n) is 1.85. The summed E-state index contributed by atoms with van der Waals surface area (Å²) in [7, 11) is 0. The van der Waals surface area contributed by atoms with E-state index in [2.05, 4.69) is 15.5 Å². The van der Waals surface area contributed by atoms with E-state index in [1.54, 1.807) is 18.2 Å². The predicted octanol–water partition coefficient (Wildman–Crippen LogP) is 2.64. The Kier molecular flexibility index (Phi) is 5.88. The standard InChI is InChI=1S/C14H16ClN3O3.ClH/c1-2-13-17-14(21-18-13)8-19-11-4-3-9(15)5-12(11)20-10-6-16-7-10;/h3-5,10,16H,2,6-8H2,1H3;1H. The Labute approximate surface area is 139 Å². The molecule has 3 rings (SSSR count). The van der Waals surface area contributed by atoms with Crippen LogP contribution in [0.1, 0.15) is 18.6 Å². The second-order valence-corrected chi connectivity index (χ2v) is 5.17. The van der Waals surface area contributed by atoms with Crippen LogP contribution < -0.4 is 14.8 Å². The Hall–Kier alpha value is -1.50. The monoisotopic (exact) mass is 345 g/mol. The Morgan fingerprint density at radius 3 is 2.82 bits per heavy atom. The first-order valence-corrected chi connectivity index (χ1v) is 7.23. The van der Waals surface area contributed by atoms with Crippen LogP contribution in [0, 0.1) is 0 Å². The van der Waals surface area contributed by atoms with Gasteiger partial charge in [0.25, 0.3) is 5.89 Å². The van der Waals surface area contributed by atoms with Crippen LogP contribution in [0.3, 0.4) is 0 Å². The summed E-state index contributed by atoms with van der Waals surface area (Å²) in [5.41, 5.74) is 0. The van der Waals surface area contributed by atoms with Crippen molar-refractivity contribution < 1.29 is 14.0 Å². The lowest BCUT2D eigenvalue weighted by Gasteiger charge is -2.28. The van der Waals surface area contributed by atoms with E-state index in [-0.39, 0.29) is 25.1 Å². The van der Waals surface area contributed by atoms with Crippen molar-refractivity contribution in [2.45, 2.75) is 26.1 Å². The maximum Gasteiger partial charge on any atom is 0.264 e. The quantitative estimate of drug-likeness (QED) is 0.867. The van der Waals surface area contributed by atoms with Gasteiger partial charge in [-0.05, 0) is 12.1 Å². The third-order valence-corrected chi connectivity index (χ3v) is 3.36.